The van der Waals surface area contributed by atoms with E-state index >= 15 is 0 Å². The Morgan fingerprint density at radius 2 is 2.00 bits per heavy atom. The number of hydrogen-bond donors (Lipinski definition) is 0. The Labute approximate surface area is 176 Å². The second kappa shape index (κ2) is 6.57. The minimum atomic E-state index is -0.719. The zero-order chi connectivity index (χ0) is 21.2. The van der Waals surface area contributed by atoms with Crippen LogP contribution in [0.5, 0.6) is 0 Å². The molecule has 156 valence electrons. The number of furan rings is 1. The second-order valence-electron chi connectivity index (χ2n) is 8.80. The first-order valence-electron chi connectivity index (χ1n) is 10.4. The third-order valence-corrected chi connectivity index (χ3v) is 6.75. The normalized spacial score (nSPS) is 29.0. The van der Waals surface area contributed by atoms with E-state index in [9.17, 15) is 9.59 Å². The molecule has 1 aromatic heterocycles. The third kappa shape index (κ3) is 2.74. The van der Waals surface area contributed by atoms with Crippen molar-refractivity contribution >= 4 is 17.5 Å². The summed E-state index contributed by atoms with van der Waals surface area (Å²) in [6.45, 7) is 6.78. The summed E-state index contributed by atoms with van der Waals surface area (Å²) < 4.78 is 11.9. The zero-order valence-electron chi connectivity index (χ0n) is 17.7. The smallest absolute Gasteiger partial charge is 0.234 e. The van der Waals surface area contributed by atoms with Crippen molar-refractivity contribution in [2.75, 3.05) is 18.5 Å². The van der Waals surface area contributed by atoms with Crippen LogP contribution in [-0.4, -0.2) is 42.0 Å². The molecule has 2 fully saturated rings. The van der Waals surface area contributed by atoms with Crippen molar-refractivity contribution in [3.05, 3.63) is 65.1 Å². The van der Waals surface area contributed by atoms with Crippen LogP contribution in [-0.2, 0) is 20.9 Å². The largest absolute Gasteiger partial charge is 0.464 e. The molecule has 0 aliphatic carbocycles. The molecule has 2 amide bonds. The molecule has 2 saturated heterocycles. The summed E-state index contributed by atoms with van der Waals surface area (Å²) in [5.41, 5.74) is 2.46. The summed E-state index contributed by atoms with van der Waals surface area (Å²) >= 11 is 0. The van der Waals surface area contributed by atoms with Crippen molar-refractivity contribution < 1.29 is 18.7 Å². The molecule has 0 radical (unpaired) electrons. The molecule has 0 N–H and O–H groups in total. The average Bonchev–Trinajstić information content (AvgIpc) is 3.45. The van der Waals surface area contributed by atoms with Gasteiger partial charge in [0.15, 0.2) is 0 Å². The van der Waals surface area contributed by atoms with E-state index in [-0.39, 0.29) is 17.9 Å². The molecule has 2 bridgehead atoms. The highest BCUT2D eigenvalue weighted by Crippen LogP contribution is 2.53. The van der Waals surface area contributed by atoms with Crippen LogP contribution in [0.1, 0.15) is 22.6 Å². The Morgan fingerprint density at radius 3 is 2.70 bits per heavy atom. The first-order chi connectivity index (χ1) is 14.3. The molecular weight excluding hydrogens is 380 g/mol. The monoisotopic (exact) mass is 406 g/mol. The topological polar surface area (TPSA) is 63.0 Å². The van der Waals surface area contributed by atoms with Crippen molar-refractivity contribution in [2.24, 2.45) is 11.8 Å². The predicted octanol–water partition coefficient (Wildman–Crippen LogP) is 3.15. The van der Waals surface area contributed by atoms with Gasteiger partial charge in [0.05, 0.1) is 31.0 Å². The highest BCUT2D eigenvalue weighted by Gasteiger charge is 2.67. The van der Waals surface area contributed by atoms with Crippen LogP contribution in [0.15, 0.2) is 46.9 Å². The molecule has 5 rings (SSSR count). The van der Waals surface area contributed by atoms with E-state index in [0.717, 1.165) is 22.8 Å². The lowest BCUT2D eigenvalue weighted by atomic mass is 9.76. The average molecular weight is 406 g/mol. The van der Waals surface area contributed by atoms with Crippen molar-refractivity contribution in [2.45, 2.75) is 39.0 Å². The quantitative estimate of drug-likeness (QED) is 0.732. The molecular formula is C24H26N2O4. The molecule has 3 aliphatic heterocycles. The van der Waals surface area contributed by atoms with Crippen LogP contribution in [0.2, 0.25) is 0 Å². The molecule has 30 heavy (non-hydrogen) atoms. The fourth-order valence-corrected chi connectivity index (χ4v) is 5.03. The van der Waals surface area contributed by atoms with Gasteiger partial charge in [-0.2, -0.15) is 0 Å². The summed E-state index contributed by atoms with van der Waals surface area (Å²) in [5, 5.41) is 0. The van der Waals surface area contributed by atoms with Crippen molar-refractivity contribution in [1.82, 2.24) is 4.90 Å². The molecule has 1 aromatic carbocycles. The number of rotatable bonds is 4. The minimum Gasteiger partial charge on any atom is -0.464 e. The maximum atomic E-state index is 13.5. The van der Waals surface area contributed by atoms with E-state index in [1.54, 1.807) is 16.8 Å². The lowest BCUT2D eigenvalue weighted by Crippen LogP contribution is -2.44. The minimum absolute atomic E-state index is 0.0364. The molecule has 4 atom stereocenters. The highest BCUT2D eigenvalue weighted by atomic mass is 16.5. The number of nitrogens with zero attached hydrogens (tertiary/aromatic N) is 2. The van der Waals surface area contributed by atoms with Gasteiger partial charge < -0.3 is 19.0 Å². The second-order valence-corrected chi connectivity index (χ2v) is 8.80. The van der Waals surface area contributed by atoms with Gasteiger partial charge in [0, 0.05) is 12.7 Å². The maximum absolute atomic E-state index is 13.5. The summed E-state index contributed by atoms with van der Waals surface area (Å²) in [7, 11) is 1.75. The number of hydrogen-bond acceptors (Lipinski definition) is 4. The van der Waals surface area contributed by atoms with Crippen LogP contribution < -0.4 is 4.90 Å². The van der Waals surface area contributed by atoms with E-state index in [2.05, 4.69) is 6.92 Å². The number of benzene rings is 1. The van der Waals surface area contributed by atoms with Gasteiger partial charge in [-0.05, 0) is 56.2 Å². The first-order valence-corrected chi connectivity index (χ1v) is 10.4. The number of carbonyl (C=O) groups is 2. The highest BCUT2D eigenvalue weighted by molar-refractivity contribution is 6.03. The van der Waals surface area contributed by atoms with Gasteiger partial charge in [0.1, 0.15) is 17.1 Å². The van der Waals surface area contributed by atoms with Crippen LogP contribution in [0.4, 0.5) is 5.69 Å². The number of fused-ring (bicyclic) bond motifs is 1. The van der Waals surface area contributed by atoms with Gasteiger partial charge >= 0.3 is 0 Å². The van der Waals surface area contributed by atoms with Crippen LogP contribution in [0.3, 0.4) is 0 Å². The zero-order valence-corrected chi connectivity index (χ0v) is 17.7. The molecule has 3 aliphatic rings. The van der Waals surface area contributed by atoms with Crippen LogP contribution >= 0.6 is 0 Å². The lowest BCUT2D eigenvalue weighted by molar-refractivity contribution is -0.139. The molecule has 6 heteroatoms. The van der Waals surface area contributed by atoms with Crippen LogP contribution in [0, 0.1) is 32.6 Å². The SMILES string of the molecule is Cc1ccc(CN(C)C(=O)C2C3C(=O)N(c4ccc(C)c(C)c4)C[C@@]34C=C[C@@H]2O4)o1. The van der Waals surface area contributed by atoms with Crippen LogP contribution in [0.25, 0.3) is 0 Å². The van der Waals surface area contributed by atoms with Gasteiger partial charge in [-0.15, -0.1) is 0 Å². The van der Waals surface area contributed by atoms with Gasteiger partial charge in [-0.25, -0.2) is 0 Å². The maximum Gasteiger partial charge on any atom is 0.234 e. The summed E-state index contributed by atoms with van der Waals surface area (Å²) in [6, 6.07) is 9.78. The van der Waals surface area contributed by atoms with E-state index in [1.165, 1.54) is 5.56 Å². The number of carbonyl (C=O) groups excluding carboxylic acids is 2. The van der Waals surface area contributed by atoms with E-state index < -0.39 is 17.4 Å². The van der Waals surface area contributed by atoms with E-state index in [4.69, 9.17) is 9.15 Å². The fraction of sp³-hybridized carbons (Fsp3) is 0.417. The Balaban J connectivity index is 1.42. The molecule has 2 unspecified atom stereocenters. The number of ether oxygens (including phenoxy) is 1. The van der Waals surface area contributed by atoms with Gasteiger partial charge in [0.2, 0.25) is 11.8 Å². The standard InChI is InChI=1S/C24H26N2O4/c1-14-5-7-17(11-15(14)2)26-13-24-10-9-19(30-24)20(21(24)23(26)28)22(27)25(4)12-18-8-6-16(3)29-18/h5-11,19-21H,12-13H2,1-4H3/t19-,20?,21?,24-/m0/s1. The van der Waals surface area contributed by atoms with Gasteiger partial charge in [0.25, 0.3) is 0 Å². The Morgan fingerprint density at radius 1 is 1.20 bits per heavy atom. The Kier molecular flexibility index (Phi) is 4.19. The summed E-state index contributed by atoms with van der Waals surface area (Å²) in [5.74, 6) is 0.409. The predicted molar refractivity (Wildman–Crippen MR) is 112 cm³/mol. The molecule has 4 heterocycles. The van der Waals surface area contributed by atoms with Gasteiger partial charge in [-0.1, -0.05) is 18.2 Å². The lowest BCUT2D eigenvalue weighted by Gasteiger charge is -2.27. The Bertz CT molecular complexity index is 1070. The van der Waals surface area contributed by atoms with Crippen molar-refractivity contribution in [1.29, 1.82) is 0 Å². The van der Waals surface area contributed by atoms with Gasteiger partial charge in [-0.3, -0.25) is 9.59 Å². The first kappa shape index (κ1) is 19.1. The summed E-state index contributed by atoms with van der Waals surface area (Å²) in [4.78, 5) is 30.3. The Hall–Kier alpha value is -2.86. The molecule has 0 saturated carbocycles. The van der Waals surface area contributed by atoms with Crippen molar-refractivity contribution in [3.63, 3.8) is 0 Å². The van der Waals surface area contributed by atoms with Crippen molar-refractivity contribution in [3.8, 4) is 0 Å². The number of anilines is 1. The van der Waals surface area contributed by atoms with E-state index in [1.807, 2.05) is 56.3 Å². The fourth-order valence-electron chi connectivity index (χ4n) is 5.03. The third-order valence-electron chi connectivity index (χ3n) is 6.75. The number of amides is 2. The molecule has 1 spiro atoms. The number of aryl methyl sites for hydroxylation is 3. The van der Waals surface area contributed by atoms with E-state index in [0.29, 0.717) is 13.1 Å². The summed E-state index contributed by atoms with van der Waals surface area (Å²) in [6.07, 6.45) is 3.58. The molecule has 2 aromatic rings. The molecule has 6 nitrogen and oxygen atoms in total.